The van der Waals surface area contributed by atoms with Gasteiger partial charge in [0.05, 0.1) is 12.5 Å². The SMILES string of the molecule is O=C(NCc1ccn2ccnc2c1)Nc1ccc(C2CCN(C(=O)[C@@H]3CCOC3)CC2)cc1. The molecule has 2 aliphatic heterocycles. The summed E-state index contributed by atoms with van der Waals surface area (Å²) >= 11 is 0. The van der Waals surface area contributed by atoms with Crippen LogP contribution in [0.15, 0.2) is 55.0 Å². The number of hydrogen-bond acceptors (Lipinski definition) is 4. The van der Waals surface area contributed by atoms with E-state index in [0.29, 0.717) is 25.7 Å². The number of aromatic nitrogens is 2. The molecule has 3 aromatic rings. The Hall–Kier alpha value is -3.39. The molecule has 1 aromatic carbocycles. The number of amides is 3. The van der Waals surface area contributed by atoms with Crippen molar-refractivity contribution in [3.05, 3.63) is 66.1 Å². The standard InChI is InChI=1S/C25H29N5O3/c31-24(21-8-14-33-17-21)30-11-6-20(7-12-30)19-1-3-22(4-2-19)28-25(32)27-16-18-5-10-29-13-9-26-23(29)15-18/h1-5,9-10,13,15,20-21H,6-8,11-12,14,16-17H2,(H2,27,28,32)/t21-/m1/s1. The molecule has 0 saturated carbocycles. The van der Waals surface area contributed by atoms with Crippen LogP contribution in [0.25, 0.3) is 5.65 Å². The van der Waals surface area contributed by atoms with Gasteiger partial charge in [0.15, 0.2) is 0 Å². The average molecular weight is 448 g/mol. The maximum Gasteiger partial charge on any atom is 0.319 e. The number of urea groups is 1. The summed E-state index contributed by atoms with van der Waals surface area (Å²) in [5, 5.41) is 5.78. The van der Waals surface area contributed by atoms with E-state index in [4.69, 9.17) is 4.74 Å². The molecule has 3 amide bonds. The number of ether oxygens (including phenoxy) is 1. The first kappa shape index (κ1) is 21.5. The second kappa shape index (κ2) is 9.62. The third-order valence-corrected chi connectivity index (χ3v) is 6.64. The Balaban J connectivity index is 1.09. The van der Waals surface area contributed by atoms with Gasteiger partial charge in [-0.1, -0.05) is 12.1 Å². The van der Waals surface area contributed by atoms with Gasteiger partial charge in [-0.15, -0.1) is 0 Å². The van der Waals surface area contributed by atoms with Gasteiger partial charge in [-0.05, 0) is 60.6 Å². The monoisotopic (exact) mass is 447 g/mol. The third-order valence-electron chi connectivity index (χ3n) is 6.64. The van der Waals surface area contributed by atoms with Crippen molar-refractivity contribution >= 4 is 23.3 Å². The number of rotatable bonds is 5. The van der Waals surface area contributed by atoms with Gasteiger partial charge >= 0.3 is 6.03 Å². The number of likely N-dealkylation sites (tertiary alicyclic amines) is 1. The van der Waals surface area contributed by atoms with Gasteiger partial charge in [0, 0.05) is 50.5 Å². The highest BCUT2D eigenvalue weighted by molar-refractivity contribution is 5.89. The molecule has 1 atom stereocenters. The quantitative estimate of drug-likeness (QED) is 0.628. The Labute approximate surface area is 192 Å². The van der Waals surface area contributed by atoms with E-state index in [9.17, 15) is 9.59 Å². The molecule has 8 heteroatoms. The van der Waals surface area contributed by atoms with Crippen LogP contribution in [0, 0.1) is 5.92 Å². The van der Waals surface area contributed by atoms with Crippen LogP contribution in [0.2, 0.25) is 0 Å². The molecular weight excluding hydrogens is 418 g/mol. The van der Waals surface area contributed by atoms with Gasteiger partial charge < -0.3 is 24.7 Å². The molecule has 5 rings (SSSR count). The fourth-order valence-electron chi connectivity index (χ4n) is 4.68. The predicted octanol–water partition coefficient (Wildman–Crippen LogP) is 3.40. The number of imidazole rings is 1. The molecule has 0 bridgehead atoms. The second-order valence-corrected chi connectivity index (χ2v) is 8.82. The molecule has 4 heterocycles. The van der Waals surface area contributed by atoms with E-state index in [2.05, 4.69) is 27.8 Å². The summed E-state index contributed by atoms with van der Waals surface area (Å²) < 4.78 is 7.29. The van der Waals surface area contributed by atoms with E-state index in [1.165, 1.54) is 5.56 Å². The first-order valence-corrected chi connectivity index (χ1v) is 11.6. The third kappa shape index (κ3) is 5.01. The highest BCUT2D eigenvalue weighted by atomic mass is 16.5. The fraction of sp³-hybridized carbons (Fsp3) is 0.400. The molecule has 8 nitrogen and oxygen atoms in total. The van der Waals surface area contributed by atoms with Crippen LogP contribution in [0.3, 0.4) is 0 Å². The Morgan fingerprint density at radius 2 is 1.88 bits per heavy atom. The van der Waals surface area contributed by atoms with E-state index in [1.807, 2.05) is 46.0 Å². The zero-order valence-electron chi connectivity index (χ0n) is 18.6. The summed E-state index contributed by atoms with van der Waals surface area (Å²) in [6.07, 6.45) is 8.34. The van der Waals surface area contributed by atoms with Crippen molar-refractivity contribution in [2.24, 2.45) is 5.92 Å². The summed E-state index contributed by atoms with van der Waals surface area (Å²) in [7, 11) is 0. The zero-order valence-corrected chi connectivity index (χ0v) is 18.6. The van der Waals surface area contributed by atoms with Crippen LogP contribution >= 0.6 is 0 Å². The maximum atomic E-state index is 12.6. The number of fused-ring (bicyclic) bond motifs is 1. The normalized spacial score (nSPS) is 19.0. The van der Waals surface area contributed by atoms with Gasteiger partial charge in [-0.2, -0.15) is 0 Å². The molecule has 2 saturated heterocycles. The Morgan fingerprint density at radius 3 is 2.64 bits per heavy atom. The molecule has 0 spiro atoms. The summed E-state index contributed by atoms with van der Waals surface area (Å²) in [5.74, 6) is 0.738. The molecule has 33 heavy (non-hydrogen) atoms. The minimum Gasteiger partial charge on any atom is -0.381 e. The minimum absolute atomic E-state index is 0.0478. The minimum atomic E-state index is -0.242. The van der Waals surface area contributed by atoms with Gasteiger partial charge in [-0.3, -0.25) is 4.79 Å². The lowest BCUT2D eigenvalue weighted by Gasteiger charge is -2.33. The molecule has 0 aliphatic carbocycles. The van der Waals surface area contributed by atoms with Crippen molar-refractivity contribution in [1.29, 1.82) is 0 Å². The van der Waals surface area contributed by atoms with E-state index in [-0.39, 0.29) is 17.9 Å². The zero-order chi connectivity index (χ0) is 22.6. The first-order valence-electron chi connectivity index (χ1n) is 11.6. The Kier molecular flexibility index (Phi) is 6.26. The lowest BCUT2D eigenvalue weighted by atomic mass is 9.89. The first-order chi connectivity index (χ1) is 16.2. The number of pyridine rings is 1. The summed E-state index contributed by atoms with van der Waals surface area (Å²) in [6, 6.07) is 11.7. The predicted molar refractivity (Wildman–Crippen MR) is 125 cm³/mol. The van der Waals surface area contributed by atoms with Crippen molar-refractivity contribution in [1.82, 2.24) is 19.6 Å². The number of carbonyl (C=O) groups is 2. The molecule has 2 N–H and O–H groups in total. The fourth-order valence-corrected chi connectivity index (χ4v) is 4.68. The molecule has 2 aromatic heterocycles. The van der Waals surface area contributed by atoms with E-state index < -0.39 is 0 Å². The van der Waals surface area contributed by atoms with Crippen molar-refractivity contribution < 1.29 is 14.3 Å². The molecule has 172 valence electrons. The van der Waals surface area contributed by atoms with Crippen LogP contribution in [0.5, 0.6) is 0 Å². The van der Waals surface area contributed by atoms with Gasteiger partial charge in [0.1, 0.15) is 5.65 Å². The summed E-state index contributed by atoms with van der Waals surface area (Å²) in [4.78, 5) is 31.1. The average Bonchev–Trinajstić information content (AvgIpc) is 3.55. The number of anilines is 1. The van der Waals surface area contributed by atoms with Crippen molar-refractivity contribution in [3.8, 4) is 0 Å². The van der Waals surface area contributed by atoms with Crippen molar-refractivity contribution in [3.63, 3.8) is 0 Å². The van der Waals surface area contributed by atoms with E-state index in [0.717, 1.165) is 49.2 Å². The van der Waals surface area contributed by atoms with Crippen LogP contribution < -0.4 is 10.6 Å². The topological polar surface area (TPSA) is 88.0 Å². The number of carbonyl (C=O) groups excluding carboxylic acids is 2. The Bertz CT molecular complexity index is 1110. The largest absolute Gasteiger partial charge is 0.381 e. The van der Waals surface area contributed by atoms with Crippen molar-refractivity contribution in [2.45, 2.75) is 31.7 Å². The van der Waals surface area contributed by atoms with Crippen LogP contribution in [-0.4, -0.2) is 52.5 Å². The second-order valence-electron chi connectivity index (χ2n) is 8.82. The molecule has 0 radical (unpaired) electrons. The maximum absolute atomic E-state index is 12.6. The van der Waals surface area contributed by atoms with Crippen LogP contribution in [-0.2, 0) is 16.1 Å². The summed E-state index contributed by atoms with van der Waals surface area (Å²) in [6.45, 7) is 3.30. The number of nitrogens with zero attached hydrogens (tertiary/aromatic N) is 3. The summed E-state index contributed by atoms with van der Waals surface area (Å²) in [5.41, 5.74) is 3.86. The van der Waals surface area contributed by atoms with Crippen LogP contribution in [0.4, 0.5) is 10.5 Å². The number of piperidine rings is 1. The van der Waals surface area contributed by atoms with Crippen molar-refractivity contribution in [2.75, 3.05) is 31.6 Å². The highest BCUT2D eigenvalue weighted by Gasteiger charge is 2.30. The van der Waals surface area contributed by atoms with E-state index >= 15 is 0 Å². The number of nitrogens with one attached hydrogen (secondary N) is 2. The molecule has 2 aliphatic rings. The van der Waals surface area contributed by atoms with E-state index in [1.54, 1.807) is 6.20 Å². The lowest BCUT2D eigenvalue weighted by Crippen LogP contribution is -2.41. The van der Waals surface area contributed by atoms with Gasteiger partial charge in [0.2, 0.25) is 5.91 Å². The molecule has 0 unspecified atom stereocenters. The highest BCUT2D eigenvalue weighted by Crippen LogP contribution is 2.30. The van der Waals surface area contributed by atoms with Crippen LogP contribution in [0.1, 0.15) is 36.3 Å². The number of hydrogen-bond donors (Lipinski definition) is 2. The number of benzene rings is 1. The van der Waals surface area contributed by atoms with Gasteiger partial charge in [-0.25, -0.2) is 9.78 Å². The van der Waals surface area contributed by atoms with Gasteiger partial charge in [0.25, 0.3) is 0 Å². The Morgan fingerprint density at radius 1 is 1.06 bits per heavy atom. The lowest BCUT2D eigenvalue weighted by molar-refractivity contribution is -0.136. The molecule has 2 fully saturated rings. The molecular formula is C25H29N5O3. The smallest absolute Gasteiger partial charge is 0.319 e.